The Kier molecular flexibility index (Phi) is 4.58. The lowest BCUT2D eigenvalue weighted by Gasteiger charge is -2.09. The third-order valence-electron chi connectivity index (χ3n) is 2.66. The minimum absolute atomic E-state index is 0.108. The van der Waals surface area contributed by atoms with Gasteiger partial charge in [-0.1, -0.05) is 23.7 Å². The summed E-state index contributed by atoms with van der Waals surface area (Å²) in [6, 6.07) is 12.0. The van der Waals surface area contributed by atoms with Crippen molar-refractivity contribution in [2.75, 3.05) is 10.6 Å². The van der Waals surface area contributed by atoms with Crippen LogP contribution in [0.15, 0.2) is 42.5 Å². The zero-order valence-electron chi connectivity index (χ0n) is 10.9. The Hall–Kier alpha value is -2.07. The van der Waals surface area contributed by atoms with E-state index in [1.165, 1.54) is 13.0 Å². The van der Waals surface area contributed by atoms with Crippen LogP contribution in [-0.4, -0.2) is 5.91 Å². The molecule has 0 aromatic heterocycles. The van der Waals surface area contributed by atoms with Crippen molar-refractivity contribution in [3.8, 4) is 0 Å². The number of anilines is 2. The van der Waals surface area contributed by atoms with E-state index >= 15 is 0 Å². The van der Waals surface area contributed by atoms with Crippen LogP contribution >= 0.6 is 11.6 Å². The molecule has 5 heteroatoms. The summed E-state index contributed by atoms with van der Waals surface area (Å²) in [5.74, 6) is -0.546. The minimum Gasteiger partial charge on any atom is -0.381 e. The Bertz CT molecular complexity index is 631. The average Bonchev–Trinajstić information content (AvgIpc) is 2.40. The maximum atomic E-state index is 13.0. The average molecular weight is 293 g/mol. The number of hydrogen-bond acceptors (Lipinski definition) is 2. The van der Waals surface area contributed by atoms with Crippen molar-refractivity contribution in [3.05, 3.63) is 58.9 Å². The van der Waals surface area contributed by atoms with Gasteiger partial charge in [-0.3, -0.25) is 4.79 Å². The van der Waals surface area contributed by atoms with Crippen molar-refractivity contribution in [2.45, 2.75) is 13.5 Å². The van der Waals surface area contributed by atoms with Crippen molar-refractivity contribution < 1.29 is 9.18 Å². The van der Waals surface area contributed by atoms with Crippen molar-refractivity contribution in [2.24, 2.45) is 0 Å². The Morgan fingerprint density at radius 3 is 2.65 bits per heavy atom. The number of amides is 1. The Labute approximate surface area is 121 Å². The molecule has 0 atom stereocenters. The molecule has 0 aliphatic heterocycles. The summed E-state index contributed by atoms with van der Waals surface area (Å²) >= 11 is 5.73. The first kappa shape index (κ1) is 14.3. The van der Waals surface area contributed by atoms with Gasteiger partial charge in [0.1, 0.15) is 5.82 Å². The lowest BCUT2D eigenvalue weighted by molar-refractivity contribution is -0.114. The Morgan fingerprint density at radius 2 is 1.95 bits per heavy atom. The molecule has 0 aliphatic carbocycles. The highest BCUT2D eigenvalue weighted by molar-refractivity contribution is 6.30. The lowest BCUT2D eigenvalue weighted by atomic mass is 10.2. The predicted octanol–water partition coefficient (Wildman–Crippen LogP) is 4.05. The topological polar surface area (TPSA) is 41.1 Å². The molecule has 0 aliphatic rings. The molecule has 0 fully saturated rings. The van der Waals surface area contributed by atoms with E-state index in [0.29, 0.717) is 6.54 Å². The van der Waals surface area contributed by atoms with Crippen molar-refractivity contribution in [3.63, 3.8) is 0 Å². The van der Waals surface area contributed by atoms with E-state index in [1.54, 1.807) is 18.2 Å². The van der Waals surface area contributed by atoms with Gasteiger partial charge in [-0.05, 0) is 35.9 Å². The highest BCUT2D eigenvalue weighted by atomic mass is 35.5. The number of benzene rings is 2. The molecule has 0 spiro atoms. The molecule has 1 amide bonds. The van der Waals surface area contributed by atoms with Crippen LogP contribution in [0.4, 0.5) is 15.8 Å². The van der Waals surface area contributed by atoms with Crippen LogP contribution in [0.1, 0.15) is 12.5 Å². The smallest absolute Gasteiger partial charge is 0.221 e. The maximum absolute atomic E-state index is 13.0. The monoisotopic (exact) mass is 292 g/mol. The number of nitrogens with one attached hydrogen (secondary N) is 2. The van der Waals surface area contributed by atoms with E-state index in [-0.39, 0.29) is 10.9 Å². The van der Waals surface area contributed by atoms with Crippen LogP contribution in [0.2, 0.25) is 5.02 Å². The molecule has 0 heterocycles. The van der Waals surface area contributed by atoms with Crippen molar-refractivity contribution >= 4 is 28.9 Å². The van der Waals surface area contributed by atoms with E-state index in [2.05, 4.69) is 10.6 Å². The van der Waals surface area contributed by atoms with E-state index in [0.717, 1.165) is 16.9 Å². The first-order valence-corrected chi connectivity index (χ1v) is 6.48. The minimum atomic E-state index is -0.428. The van der Waals surface area contributed by atoms with Gasteiger partial charge in [-0.25, -0.2) is 4.39 Å². The zero-order chi connectivity index (χ0) is 14.5. The first-order valence-electron chi connectivity index (χ1n) is 6.10. The molecular weight excluding hydrogens is 279 g/mol. The van der Waals surface area contributed by atoms with E-state index in [9.17, 15) is 9.18 Å². The molecule has 104 valence electrons. The summed E-state index contributed by atoms with van der Waals surface area (Å²) in [6.45, 7) is 1.98. The molecule has 3 nitrogen and oxygen atoms in total. The van der Waals surface area contributed by atoms with Crippen molar-refractivity contribution in [1.82, 2.24) is 0 Å². The molecule has 0 unspecified atom stereocenters. The second-order valence-corrected chi connectivity index (χ2v) is 4.77. The van der Waals surface area contributed by atoms with Gasteiger partial charge >= 0.3 is 0 Å². The number of rotatable bonds is 4. The number of halogens is 2. The third kappa shape index (κ3) is 3.96. The van der Waals surface area contributed by atoms with E-state index < -0.39 is 5.82 Å². The number of carbonyl (C=O) groups is 1. The quantitative estimate of drug-likeness (QED) is 0.892. The maximum Gasteiger partial charge on any atom is 0.221 e. The lowest BCUT2D eigenvalue weighted by Crippen LogP contribution is -2.06. The summed E-state index contributed by atoms with van der Waals surface area (Å²) in [7, 11) is 0. The van der Waals surface area contributed by atoms with Crippen molar-refractivity contribution in [1.29, 1.82) is 0 Å². The van der Waals surface area contributed by atoms with Crippen LogP contribution in [0.5, 0.6) is 0 Å². The first-order chi connectivity index (χ1) is 9.54. The van der Waals surface area contributed by atoms with Crippen LogP contribution in [0.3, 0.4) is 0 Å². The normalized spacial score (nSPS) is 10.2. The molecule has 2 rings (SSSR count). The molecule has 0 saturated carbocycles. The highest BCUT2D eigenvalue weighted by Crippen LogP contribution is 2.19. The van der Waals surface area contributed by atoms with E-state index in [4.69, 9.17) is 11.6 Å². The summed E-state index contributed by atoms with van der Waals surface area (Å²) < 4.78 is 13.0. The predicted molar refractivity (Wildman–Crippen MR) is 79.5 cm³/mol. The van der Waals surface area contributed by atoms with Gasteiger partial charge in [0.05, 0.1) is 5.02 Å². The second-order valence-electron chi connectivity index (χ2n) is 4.36. The van der Waals surface area contributed by atoms with Gasteiger partial charge in [0.2, 0.25) is 5.91 Å². The van der Waals surface area contributed by atoms with Gasteiger partial charge in [0.25, 0.3) is 0 Å². The highest BCUT2D eigenvalue weighted by Gasteiger charge is 2.02. The van der Waals surface area contributed by atoms with Crippen LogP contribution in [-0.2, 0) is 11.3 Å². The fourth-order valence-electron chi connectivity index (χ4n) is 1.76. The third-order valence-corrected chi connectivity index (χ3v) is 2.95. The van der Waals surface area contributed by atoms with Gasteiger partial charge in [0, 0.05) is 24.8 Å². The summed E-state index contributed by atoms with van der Waals surface area (Å²) in [6.07, 6.45) is 0. The van der Waals surface area contributed by atoms with Gasteiger partial charge in [-0.2, -0.15) is 0 Å². The van der Waals surface area contributed by atoms with Gasteiger partial charge in [0.15, 0.2) is 0 Å². The van der Waals surface area contributed by atoms with Crippen LogP contribution in [0.25, 0.3) is 0 Å². The molecule has 0 bridgehead atoms. The molecule has 2 N–H and O–H groups in total. The second kappa shape index (κ2) is 6.39. The largest absolute Gasteiger partial charge is 0.381 e. The molecule has 2 aromatic rings. The van der Waals surface area contributed by atoms with Gasteiger partial charge in [-0.15, -0.1) is 0 Å². The molecule has 2 aromatic carbocycles. The fourth-order valence-corrected chi connectivity index (χ4v) is 1.97. The summed E-state index contributed by atoms with van der Waals surface area (Å²) in [4.78, 5) is 11.0. The SMILES string of the molecule is CC(=O)Nc1cccc(NCc2ccc(F)c(Cl)c2)c1. The van der Waals surface area contributed by atoms with E-state index in [1.807, 2.05) is 18.2 Å². The Balaban J connectivity index is 2.03. The molecular formula is C15H14ClFN2O. The summed E-state index contributed by atoms with van der Waals surface area (Å²) in [5.41, 5.74) is 2.46. The fraction of sp³-hybridized carbons (Fsp3) is 0.133. The summed E-state index contributed by atoms with van der Waals surface area (Å²) in [5, 5.41) is 6.01. The molecule has 0 saturated heterocycles. The van der Waals surface area contributed by atoms with Crippen LogP contribution in [0, 0.1) is 5.82 Å². The van der Waals surface area contributed by atoms with Crippen LogP contribution < -0.4 is 10.6 Å². The standard InChI is InChI=1S/C15H14ClFN2O/c1-10(20)19-13-4-2-3-12(8-13)18-9-11-5-6-15(17)14(16)7-11/h2-8,18H,9H2,1H3,(H,19,20). The number of carbonyl (C=O) groups excluding carboxylic acids is 1. The Morgan fingerprint density at radius 1 is 1.20 bits per heavy atom. The zero-order valence-corrected chi connectivity index (χ0v) is 11.7. The molecule has 0 radical (unpaired) electrons. The molecule has 20 heavy (non-hydrogen) atoms. The number of hydrogen-bond donors (Lipinski definition) is 2. The van der Waals surface area contributed by atoms with Gasteiger partial charge < -0.3 is 10.6 Å².